The molecule has 0 heterocycles. The number of carbonyl (C=O) groups is 2. The molecule has 0 aliphatic carbocycles. The van der Waals surface area contributed by atoms with Crippen molar-refractivity contribution in [1.29, 1.82) is 0 Å². The number of benzene rings is 2. The van der Waals surface area contributed by atoms with E-state index >= 15 is 0 Å². The molecule has 0 amide bonds. The van der Waals surface area contributed by atoms with Crippen molar-refractivity contribution in [2.75, 3.05) is 13.2 Å². The van der Waals surface area contributed by atoms with Crippen LogP contribution in [0.1, 0.15) is 27.6 Å². The fourth-order valence-electron chi connectivity index (χ4n) is 1.76. The third-order valence-corrected chi connectivity index (χ3v) is 2.83. The molecule has 0 radical (unpaired) electrons. The fourth-order valence-corrected chi connectivity index (χ4v) is 1.76. The molecule has 0 fully saturated rings. The van der Waals surface area contributed by atoms with Crippen LogP contribution in [0, 0.1) is 0 Å². The minimum atomic E-state index is -0.463. The maximum atomic E-state index is 11.8. The molecule has 4 nitrogen and oxygen atoms in total. The molecule has 0 atom stereocenters. The molecule has 0 aliphatic rings. The van der Waals surface area contributed by atoms with Crippen LogP contribution in [0.3, 0.4) is 0 Å². The summed E-state index contributed by atoms with van der Waals surface area (Å²) < 4.78 is 10.5. The van der Waals surface area contributed by atoms with Gasteiger partial charge >= 0.3 is 5.97 Å². The van der Waals surface area contributed by atoms with Crippen molar-refractivity contribution in [1.82, 2.24) is 0 Å². The van der Waals surface area contributed by atoms with Gasteiger partial charge < -0.3 is 9.47 Å². The number of Topliss-reactive ketones (excluding diaryl/α,β-unsaturated/α-hetero) is 1. The normalized spacial score (nSPS) is 9.95. The van der Waals surface area contributed by atoms with Gasteiger partial charge in [0.2, 0.25) is 0 Å². The lowest BCUT2D eigenvalue weighted by Crippen LogP contribution is -2.12. The molecule has 0 spiro atoms. The SMILES string of the molecule is CC(=O)c1cccc(C(=O)OCCOc2ccccc2)c1. The Morgan fingerprint density at radius 1 is 0.905 bits per heavy atom. The van der Waals surface area contributed by atoms with E-state index in [1.54, 1.807) is 18.2 Å². The highest BCUT2D eigenvalue weighted by molar-refractivity contribution is 5.97. The number of hydrogen-bond donors (Lipinski definition) is 0. The lowest BCUT2D eigenvalue weighted by molar-refractivity contribution is 0.0450. The second-order valence-corrected chi connectivity index (χ2v) is 4.43. The van der Waals surface area contributed by atoms with Crippen LogP contribution in [0.4, 0.5) is 0 Å². The van der Waals surface area contributed by atoms with E-state index in [4.69, 9.17) is 9.47 Å². The third kappa shape index (κ3) is 4.45. The maximum Gasteiger partial charge on any atom is 0.338 e. The fraction of sp³-hybridized carbons (Fsp3) is 0.176. The third-order valence-electron chi connectivity index (χ3n) is 2.83. The number of ketones is 1. The molecule has 0 N–H and O–H groups in total. The molecule has 108 valence electrons. The zero-order valence-corrected chi connectivity index (χ0v) is 11.7. The molecule has 4 heteroatoms. The Hall–Kier alpha value is -2.62. The van der Waals surface area contributed by atoms with Crippen LogP contribution in [0.5, 0.6) is 5.75 Å². The lowest BCUT2D eigenvalue weighted by Gasteiger charge is -2.07. The predicted octanol–water partition coefficient (Wildman–Crippen LogP) is 3.13. The smallest absolute Gasteiger partial charge is 0.338 e. The second kappa shape index (κ2) is 7.24. The molecule has 2 aromatic carbocycles. The van der Waals surface area contributed by atoms with Gasteiger partial charge in [0.15, 0.2) is 5.78 Å². The van der Waals surface area contributed by atoms with Crippen molar-refractivity contribution in [2.45, 2.75) is 6.92 Å². The van der Waals surface area contributed by atoms with Gasteiger partial charge in [0, 0.05) is 5.56 Å². The van der Waals surface area contributed by atoms with Gasteiger partial charge in [0.1, 0.15) is 19.0 Å². The van der Waals surface area contributed by atoms with Crippen LogP contribution in [-0.4, -0.2) is 25.0 Å². The molecular formula is C17H16O4. The minimum absolute atomic E-state index is 0.0861. The Morgan fingerprint density at radius 3 is 2.33 bits per heavy atom. The number of para-hydroxylation sites is 1. The highest BCUT2D eigenvalue weighted by Gasteiger charge is 2.09. The van der Waals surface area contributed by atoms with Crippen LogP contribution in [0.25, 0.3) is 0 Å². The van der Waals surface area contributed by atoms with Crippen molar-refractivity contribution in [3.05, 3.63) is 65.7 Å². The lowest BCUT2D eigenvalue weighted by atomic mass is 10.1. The number of hydrogen-bond acceptors (Lipinski definition) is 4. The maximum absolute atomic E-state index is 11.8. The van der Waals surface area contributed by atoms with E-state index in [2.05, 4.69) is 0 Å². The van der Waals surface area contributed by atoms with Crippen LogP contribution < -0.4 is 4.74 Å². The van der Waals surface area contributed by atoms with Crippen LogP contribution in [-0.2, 0) is 4.74 Å². The first-order chi connectivity index (χ1) is 10.2. The van der Waals surface area contributed by atoms with Gasteiger partial charge in [-0.1, -0.05) is 30.3 Å². The summed E-state index contributed by atoms with van der Waals surface area (Å²) in [6.07, 6.45) is 0. The van der Waals surface area contributed by atoms with Gasteiger partial charge in [-0.3, -0.25) is 4.79 Å². The van der Waals surface area contributed by atoms with Gasteiger partial charge in [0.05, 0.1) is 5.56 Å². The average molecular weight is 284 g/mol. The van der Waals surface area contributed by atoms with E-state index in [0.29, 0.717) is 11.1 Å². The summed E-state index contributed by atoms with van der Waals surface area (Å²) in [5.41, 5.74) is 0.854. The first kappa shape index (κ1) is 14.8. The highest BCUT2D eigenvalue weighted by Crippen LogP contribution is 2.09. The first-order valence-electron chi connectivity index (χ1n) is 6.63. The van der Waals surface area contributed by atoms with Gasteiger partial charge in [-0.25, -0.2) is 4.79 Å². The summed E-state index contributed by atoms with van der Waals surface area (Å²) >= 11 is 0. The highest BCUT2D eigenvalue weighted by atomic mass is 16.6. The number of ether oxygens (including phenoxy) is 2. The number of carbonyl (C=O) groups excluding carboxylic acids is 2. The minimum Gasteiger partial charge on any atom is -0.490 e. The first-order valence-corrected chi connectivity index (χ1v) is 6.63. The summed E-state index contributed by atoms with van der Waals surface area (Å²) in [5, 5.41) is 0. The Bertz CT molecular complexity index is 620. The molecule has 0 bridgehead atoms. The predicted molar refractivity (Wildman–Crippen MR) is 78.7 cm³/mol. The zero-order valence-electron chi connectivity index (χ0n) is 11.7. The van der Waals surface area contributed by atoms with Crippen LogP contribution in [0.2, 0.25) is 0 Å². The van der Waals surface area contributed by atoms with Crippen molar-refractivity contribution in [2.24, 2.45) is 0 Å². The van der Waals surface area contributed by atoms with E-state index < -0.39 is 5.97 Å². The summed E-state index contributed by atoms with van der Waals surface area (Å²) in [6.45, 7) is 1.89. The van der Waals surface area contributed by atoms with Gasteiger partial charge in [-0.05, 0) is 31.2 Å². The van der Waals surface area contributed by atoms with Gasteiger partial charge in [-0.2, -0.15) is 0 Å². The molecule has 0 unspecified atom stereocenters. The Balaban J connectivity index is 1.82. The largest absolute Gasteiger partial charge is 0.490 e. The second-order valence-electron chi connectivity index (χ2n) is 4.43. The van der Waals surface area contributed by atoms with Crippen molar-refractivity contribution in [3.63, 3.8) is 0 Å². The van der Waals surface area contributed by atoms with E-state index in [-0.39, 0.29) is 19.0 Å². The number of rotatable bonds is 6. The van der Waals surface area contributed by atoms with Crippen molar-refractivity contribution < 1.29 is 19.1 Å². The Kier molecular flexibility index (Phi) is 5.10. The molecule has 2 aromatic rings. The Labute approximate surface area is 123 Å². The Morgan fingerprint density at radius 2 is 1.62 bits per heavy atom. The van der Waals surface area contributed by atoms with Crippen LogP contribution in [0.15, 0.2) is 54.6 Å². The summed E-state index contributed by atoms with van der Waals surface area (Å²) in [4.78, 5) is 23.1. The zero-order chi connectivity index (χ0) is 15.1. The summed E-state index contributed by atoms with van der Waals surface area (Å²) in [5.74, 6) is 0.180. The van der Waals surface area contributed by atoms with Crippen molar-refractivity contribution >= 4 is 11.8 Å². The quantitative estimate of drug-likeness (QED) is 0.464. The van der Waals surface area contributed by atoms with Gasteiger partial charge in [-0.15, -0.1) is 0 Å². The molecule has 2 rings (SSSR count). The molecular weight excluding hydrogens is 268 g/mol. The van der Waals surface area contributed by atoms with Crippen LogP contribution >= 0.6 is 0 Å². The monoisotopic (exact) mass is 284 g/mol. The molecule has 0 aromatic heterocycles. The number of esters is 1. The van der Waals surface area contributed by atoms with E-state index in [1.807, 2.05) is 30.3 Å². The summed E-state index contributed by atoms with van der Waals surface area (Å²) in [6, 6.07) is 15.8. The van der Waals surface area contributed by atoms with E-state index in [1.165, 1.54) is 13.0 Å². The molecule has 0 saturated heterocycles. The van der Waals surface area contributed by atoms with E-state index in [0.717, 1.165) is 5.75 Å². The summed E-state index contributed by atoms with van der Waals surface area (Å²) in [7, 11) is 0. The van der Waals surface area contributed by atoms with E-state index in [9.17, 15) is 9.59 Å². The molecule has 0 aliphatic heterocycles. The van der Waals surface area contributed by atoms with Crippen molar-refractivity contribution in [3.8, 4) is 5.75 Å². The molecule has 0 saturated carbocycles. The molecule has 21 heavy (non-hydrogen) atoms. The topological polar surface area (TPSA) is 52.6 Å². The van der Waals surface area contributed by atoms with Gasteiger partial charge in [0.25, 0.3) is 0 Å². The standard InChI is InChI=1S/C17H16O4/c1-13(18)14-6-5-7-15(12-14)17(19)21-11-10-20-16-8-3-2-4-9-16/h2-9,12H,10-11H2,1H3. The average Bonchev–Trinajstić information content (AvgIpc) is 2.52.